The molecule has 6 nitrogen and oxygen atoms in total. The van der Waals surface area contributed by atoms with Crippen LogP contribution in [0.25, 0.3) is 0 Å². The summed E-state index contributed by atoms with van der Waals surface area (Å²) in [6, 6.07) is 3.15. The maximum atomic E-state index is 12.5. The molecule has 0 spiro atoms. The van der Waals surface area contributed by atoms with Crippen molar-refractivity contribution in [1.82, 2.24) is 15.2 Å². The molecule has 1 N–H and O–H groups in total. The molecule has 23 heavy (non-hydrogen) atoms. The number of hydrogen-bond donors (Lipinski definition) is 1. The largest absolute Gasteiger partial charge is 0.444 e. The van der Waals surface area contributed by atoms with Gasteiger partial charge in [-0.25, -0.2) is 4.79 Å². The molecule has 2 rings (SSSR count). The Hall–Kier alpha value is -2.37. The van der Waals surface area contributed by atoms with Crippen LogP contribution in [0.4, 0.5) is 4.79 Å². The molecule has 0 fully saturated rings. The number of rotatable bonds is 2. The first-order valence-corrected chi connectivity index (χ1v) is 7.61. The molecule has 2 amide bonds. The molecule has 0 saturated heterocycles. The van der Waals surface area contributed by atoms with E-state index in [1.165, 1.54) is 4.90 Å². The predicted molar refractivity (Wildman–Crippen MR) is 86.9 cm³/mol. The van der Waals surface area contributed by atoms with Crippen molar-refractivity contribution < 1.29 is 14.3 Å². The highest BCUT2D eigenvalue weighted by Crippen LogP contribution is 2.26. The van der Waals surface area contributed by atoms with Gasteiger partial charge in [0.1, 0.15) is 11.6 Å². The van der Waals surface area contributed by atoms with Gasteiger partial charge in [-0.1, -0.05) is 12.2 Å². The van der Waals surface area contributed by atoms with E-state index >= 15 is 0 Å². The van der Waals surface area contributed by atoms with Gasteiger partial charge in [-0.3, -0.25) is 14.7 Å². The fourth-order valence-corrected chi connectivity index (χ4v) is 2.44. The van der Waals surface area contributed by atoms with Crippen LogP contribution in [0, 0.1) is 0 Å². The molecule has 124 valence electrons. The first-order chi connectivity index (χ1) is 10.8. The van der Waals surface area contributed by atoms with Gasteiger partial charge in [0.2, 0.25) is 5.91 Å². The van der Waals surface area contributed by atoms with E-state index in [0.717, 1.165) is 5.56 Å². The van der Waals surface area contributed by atoms with Gasteiger partial charge >= 0.3 is 6.09 Å². The summed E-state index contributed by atoms with van der Waals surface area (Å²) in [5.41, 5.74) is 0.428. The molecule has 2 atom stereocenters. The fraction of sp³-hybridized carbons (Fsp3) is 0.471. The molecular formula is C17H23N3O3. The molecule has 0 aliphatic carbocycles. The zero-order valence-corrected chi connectivity index (χ0v) is 13.9. The van der Waals surface area contributed by atoms with E-state index in [2.05, 4.69) is 10.3 Å². The highest BCUT2D eigenvalue weighted by Gasteiger charge is 2.35. The van der Waals surface area contributed by atoms with Gasteiger partial charge in [-0.15, -0.1) is 0 Å². The van der Waals surface area contributed by atoms with Crippen molar-refractivity contribution >= 4 is 12.0 Å². The minimum absolute atomic E-state index is 0.00595. The zero-order valence-electron chi connectivity index (χ0n) is 13.9. The second-order valence-electron chi connectivity index (χ2n) is 6.46. The van der Waals surface area contributed by atoms with Crippen LogP contribution in [-0.4, -0.2) is 47.1 Å². The average Bonchev–Trinajstić information content (AvgIpc) is 2.52. The van der Waals surface area contributed by atoms with Crippen LogP contribution in [0.2, 0.25) is 0 Å². The smallest absolute Gasteiger partial charge is 0.411 e. The summed E-state index contributed by atoms with van der Waals surface area (Å²) < 4.78 is 5.45. The average molecular weight is 317 g/mol. The van der Waals surface area contributed by atoms with Gasteiger partial charge in [0.05, 0.1) is 0 Å². The van der Waals surface area contributed by atoms with Crippen molar-refractivity contribution in [2.75, 3.05) is 13.6 Å². The minimum atomic E-state index is -0.659. The molecule has 2 unspecified atom stereocenters. The Morgan fingerprint density at radius 1 is 1.26 bits per heavy atom. The number of likely N-dealkylation sites (N-methyl/N-ethyl adjacent to an activating group) is 1. The monoisotopic (exact) mass is 317 g/mol. The third-order valence-corrected chi connectivity index (χ3v) is 3.53. The molecule has 1 aromatic heterocycles. The van der Waals surface area contributed by atoms with Crippen LogP contribution in [-0.2, 0) is 9.53 Å². The number of nitrogens with zero attached hydrogens (tertiary/aromatic N) is 2. The molecule has 1 aliphatic rings. The fourth-order valence-electron chi connectivity index (χ4n) is 2.44. The number of carbonyl (C=O) groups is 2. The number of nitrogens with one attached hydrogen (secondary N) is 1. The van der Waals surface area contributed by atoms with Gasteiger partial charge in [0.15, 0.2) is 0 Å². The summed E-state index contributed by atoms with van der Waals surface area (Å²) in [6.45, 7) is 5.80. The van der Waals surface area contributed by atoms with E-state index < -0.39 is 17.7 Å². The van der Waals surface area contributed by atoms with Gasteiger partial charge in [-0.05, 0) is 38.5 Å². The lowest BCUT2D eigenvalue weighted by Crippen LogP contribution is -2.52. The van der Waals surface area contributed by atoms with Crippen molar-refractivity contribution in [2.24, 2.45) is 0 Å². The highest BCUT2D eigenvalue weighted by atomic mass is 16.6. The Kier molecular flexibility index (Phi) is 5.03. The molecule has 1 aromatic rings. The van der Waals surface area contributed by atoms with Gasteiger partial charge in [0, 0.05) is 31.9 Å². The molecular weight excluding hydrogens is 294 g/mol. The van der Waals surface area contributed by atoms with Crippen LogP contribution >= 0.6 is 0 Å². The lowest BCUT2D eigenvalue weighted by atomic mass is 9.94. The summed E-state index contributed by atoms with van der Waals surface area (Å²) in [7, 11) is 1.55. The van der Waals surface area contributed by atoms with Crippen molar-refractivity contribution in [3.8, 4) is 0 Å². The predicted octanol–water partition coefficient (Wildman–Crippen LogP) is 2.09. The van der Waals surface area contributed by atoms with Gasteiger partial charge in [-0.2, -0.15) is 0 Å². The Balaban J connectivity index is 2.26. The van der Waals surface area contributed by atoms with E-state index in [-0.39, 0.29) is 11.8 Å². The summed E-state index contributed by atoms with van der Waals surface area (Å²) >= 11 is 0. The molecule has 0 saturated carbocycles. The van der Waals surface area contributed by atoms with Crippen LogP contribution in [0.5, 0.6) is 0 Å². The third-order valence-electron chi connectivity index (χ3n) is 3.53. The maximum Gasteiger partial charge on any atom is 0.411 e. The van der Waals surface area contributed by atoms with Gasteiger partial charge in [0.25, 0.3) is 0 Å². The van der Waals surface area contributed by atoms with E-state index in [1.54, 1.807) is 46.3 Å². The normalized spacial score (nSPS) is 21.0. The standard InChI is InChI=1S/C17H23N3O3/c1-17(2,3)23-16(22)20-11-13(12-7-9-19-10-8-12)5-6-14(20)15(21)18-4/h5-10,13-14H,11H2,1-4H3,(H,18,21). The van der Waals surface area contributed by atoms with Crippen molar-refractivity contribution in [1.29, 1.82) is 0 Å². The van der Waals surface area contributed by atoms with E-state index in [0.29, 0.717) is 6.54 Å². The third kappa shape index (κ3) is 4.31. The van der Waals surface area contributed by atoms with E-state index in [1.807, 2.05) is 18.2 Å². The lowest BCUT2D eigenvalue weighted by Gasteiger charge is -2.36. The molecule has 1 aliphatic heterocycles. The number of carbonyl (C=O) groups excluding carboxylic acids is 2. The zero-order chi connectivity index (χ0) is 17.0. The first kappa shape index (κ1) is 17.0. The van der Waals surface area contributed by atoms with Crippen LogP contribution in [0.3, 0.4) is 0 Å². The SMILES string of the molecule is CNC(=O)C1C=CC(c2ccncc2)CN1C(=O)OC(C)(C)C. The maximum absolute atomic E-state index is 12.5. The second-order valence-corrected chi connectivity index (χ2v) is 6.46. The number of hydrogen-bond acceptors (Lipinski definition) is 4. The topological polar surface area (TPSA) is 71.5 Å². The van der Waals surface area contributed by atoms with Crippen LogP contribution in [0.1, 0.15) is 32.3 Å². The molecule has 0 bridgehead atoms. The van der Waals surface area contributed by atoms with E-state index in [9.17, 15) is 9.59 Å². The van der Waals surface area contributed by atoms with Gasteiger partial charge < -0.3 is 10.1 Å². The Bertz CT molecular complexity index is 593. The Labute approximate surface area is 136 Å². The number of pyridine rings is 1. The number of amides is 2. The van der Waals surface area contributed by atoms with Crippen molar-refractivity contribution in [2.45, 2.75) is 38.3 Å². The van der Waals surface area contributed by atoms with Crippen molar-refractivity contribution in [3.05, 3.63) is 42.2 Å². The molecule has 2 heterocycles. The quantitative estimate of drug-likeness (QED) is 0.848. The first-order valence-electron chi connectivity index (χ1n) is 7.61. The minimum Gasteiger partial charge on any atom is -0.444 e. The lowest BCUT2D eigenvalue weighted by molar-refractivity contribution is -0.124. The number of aromatic nitrogens is 1. The van der Waals surface area contributed by atoms with Crippen LogP contribution in [0.15, 0.2) is 36.7 Å². The molecule has 0 radical (unpaired) electrons. The summed E-state index contributed by atoms with van der Waals surface area (Å²) in [5, 5.41) is 2.59. The Morgan fingerprint density at radius 3 is 2.48 bits per heavy atom. The summed E-state index contributed by atoms with van der Waals surface area (Å²) in [5.74, 6) is -0.230. The second kappa shape index (κ2) is 6.81. The van der Waals surface area contributed by atoms with E-state index in [4.69, 9.17) is 4.74 Å². The summed E-state index contributed by atoms with van der Waals surface area (Å²) in [4.78, 5) is 30.0. The molecule has 0 aromatic carbocycles. The highest BCUT2D eigenvalue weighted by molar-refractivity contribution is 5.87. The Morgan fingerprint density at radius 2 is 1.91 bits per heavy atom. The molecule has 6 heteroatoms. The summed E-state index contributed by atoms with van der Waals surface area (Å²) in [6.07, 6.45) is 6.64. The van der Waals surface area contributed by atoms with Crippen molar-refractivity contribution in [3.63, 3.8) is 0 Å². The number of ether oxygens (including phenoxy) is 1. The van der Waals surface area contributed by atoms with Crippen LogP contribution < -0.4 is 5.32 Å².